The predicted molar refractivity (Wildman–Crippen MR) is 174 cm³/mol. The lowest BCUT2D eigenvalue weighted by Crippen LogP contribution is -2.54. The molecule has 1 aromatic carbocycles. The zero-order chi connectivity index (χ0) is 30.9. The van der Waals surface area contributed by atoms with Crippen LogP contribution in [-0.2, 0) is 9.68 Å². The van der Waals surface area contributed by atoms with Crippen LogP contribution in [0.4, 0.5) is 11.4 Å². The number of anilines is 2. The van der Waals surface area contributed by atoms with E-state index in [1.165, 1.54) is 64.2 Å². The highest BCUT2D eigenvalue weighted by atomic mass is 17.1. The van der Waals surface area contributed by atoms with Crippen molar-refractivity contribution in [3.05, 3.63) is 18.2 Å². The van der Waals surface area contributed by atoms with Gasteiger partial charge in [0, 0.05) is 29.9 Å². The molecule has 0 radical (unpaired) electrons. The van der Waals surface area contributed by atoms with Crippen LogP contribution in [0.1, 0.15) is 125 Å². The second-order valence-electron chi connectivity index (χ2n) is 16.2. The molecule has 43 heavy (non-hydrogen) atoms. The van der Waals surface area contributed by atoms with Gasteiger partial charge in [-0.1, -0.05) is 53.9 Å². The standard InChI is InChI=1S/C37H60N2O4/c1-23(2)7-6-8-24(3)31-11-12-32-30-10-9-26-19-25(15-17-36(26,4)33(30)16-18-37(31,32)5)34(43-41)13-14-35(40)42-29-21-27(38)20-28(39)22-29/h20-26,30-34,41H,6-19,38-39H2,1-5H3. The maximum absolute atomic E-state index is 12.6. The third-order valence-corrected chi connectivity index (χ3v) is 13.4. The number of fused-ring (bicyclic) bond motifs is 5. The van der Waals surface area contributed by atoms with Crippen molar-refractivity contribution in [2.75, 3.05) is 11.5 Å². The number of nitrogens with two attached hydrogens (primary N) is 2. The lowest BCUT2D eigenvalue weighted by Gasteiger charge is -2.61. The molecule has 242 valence electrons. The van der Waals surface area contributed by atoms with Crippen LogP contribution in [0, 0.1) is 58.2 Å². The molecule has 0 amide bonds. The summed E-state index contributed by atoms with van der Waals surface area (Å²) < 4.78 is 5.48. The molecule has 0 bridgehead atoms. The molecule has 0 spiro atoms. The first-order valence-corrected chi connectivity index (χ1v) is 17.6. The summed E-state index contributed by atoms with van der Waals surface area (Å²) in [7, 11) is 0. The Morgan fingerprint density at radius 2 is 1.60 bits per heavy atom. The highest BCUT2D eigenvalue weighted by Gasteiger charge is 2.60. The Balaban J connectivity index is 1.17. The molecule has 4 saturated carbocycles. The van der Waals surface area contributed by atoms with Crippen LogP contribution in [0.3, 0.4) is 0 Å². The molecule has 6 heteroatoms. The first-order chi connectivity index (χ1) is 20.4. The average molecular weight is 597 g/mol. The fourth-order valence-corrected chi connectivity index (χ4v) is 11.2. The fraction of sp³-hybridized carbons (Fsp3) is 0.811. The Morgan fingerprint density at radius 3 is 2.30 bits per heavy atom. The van der Waals surface area contributed by atoms with Gasteiger partial charge in [-0.3, -0.25) is 10.1 Å². The monoisotopic (exact) mass is 596 g/mol. The minimum atomic E-state index is -0.359. The third-order valence-electron chi connectivity index (χ3n) is 13.4. The van der Waals surface area contributed by atoms with Crippen molar-refractivity contribution in [2.45, 2.75) is 131 Å². The van der Waals surface area contributed by atoms with E-state index in [2.05, 4.69) is 34.6 Å². The van der Waals surface area contributed by atoms with Crippen molar-refractivity contribution in [2.24, 2.45) is 58.2 Å². The smallest absolute Gasteiger partial charge is 0.311 e. The number of nitrogen functional groups attached to an aromatic ring is 2. The van der Waals surface area contributed by atoms with Crippen LogP contribution >= 0.6 is 0 Å². The molecule has 10 unspecified atom stereocenters. The van der Waals surface area contributed by atoms with Gasteiger partial charge in [0.05, 0.1) is 6.10 Å². The number of carbonyl (C=O) groups excluding carboxylic acids is 1. The molecule has 1 aromatic rings. The van der Waals surface area contributed by atoms with Gasteiger partial charge in [0.25, 0.3) is 0 Å². The second kappa shape index (κ2) is 13.3. The number of carbonyl (C=O) groups is 1. The highest BCUT2D eigenvalue weighted by molar-refractivity contribution is 5.73. The number of rotatable bonds is 11. The summed E-state index contributed by atoms with van der Waals surface area (Å²) in [5.74, 6) is 6.11. The summed E-state index contributed by atoms with van der Waals surface area (Å²) in [4.78, 5) is 17.6. The third kappa shape index (κ3) is 6.76. The highest BCUT2D eigenvalue weighted by Crippen LogP contribution is 2.69. The van der Waals surface area contributed by atoms with E-state index in [9.17, 15) is 10.1 Å². The Bertz CT molecular complexity index is 1090. The molecule has 10 atom stereocenters. The Hall–Kier alpha value is -1.79. The van der Waals surface area contributed by atoms with E-state index in [-0.39, 0.29) is 24.4 Å². The van der Waals surface area contributed by atoms with Crippen molar-refractivity contribution < 1.29 is 19.7 Å². The summed E-state index contributed by atoms with van der Waals surface area (Å²) in [6.45, 7) is 12.6. The fourth-order valence-electron chi connectivity index (χ4n) is 11.2. The normalized spacial score (nSPS) is 36.8. The van der Waals surface area contributed by atoms with Crippen molar-refractivity contribution in [3.63, 3.8) is 0 Å². The summed E-state index contributed by atoms with van der Waals surface area (Å²) in [6, 6.07) is 4.82. The van der Waals surface area contributed by atoms with Gasteiger partial charge in [0.2, 0.25) is 0 Å². The van der Waals surface area contributed by atoms with Gasteiger partial charge < -0.3 is 16.2 Å². The zero-order valence-electron chi connectivity index (χ0n) is 27.7. The number of benzene rings is 1. The van der Waals surface area contributed by atoms with Gasteiger partial charge in [0.1, 0.15) is 5.75 Å². The van der Waals surface area contributed by atoms with Crippen molar-refractivity contribution in [3.8, 4) is 5.75 Å². The molecule has 0 aliphatic heterocycles. The lowest BCUT2D eigenvalue weighted by molar-refractivity contribution is -0.297. The van der Waals surface area contributed by atoms with Crippen molar-refractivity contribution >= 4 is 17.3 Å². The van der Waals surface area contributed by atoms with Gasteiger partial charge in [0.15, 0.2) is 0 Å². The topological polar surface area (TPSA) is 108 Å². The summed E-state index contributed by atoms with van der Waals surface area (Å²) in [5, 5.41) is 9.90. The molecule has 0 saturated heterocycles. The van der Waals surface area contributed by atoms with E-state index >= 15 is 0 Å². The molecule has 4 fully saturated rings. The molecule has 0 heterocycles. The lowest BCUT2D eigenvalue weighted by atomic mass is 9.43. The summed E-state index contributed by atoms with van der Waals surface area (Å²) in [5.41, 5.74) is 13.5. The molecule has 5 rings (SSSR count). The van der Waals surface area contributed by atoms with Crippen LogP contribution in [-0.4, -0.2) is 17.3 Å². The molecule has 6 nitrogen and oxygen atoms in total. The first-order valence-electron chi connectivity index (χ1n) is 17.6. The maximum Gasteiger partial charge on any atom is 0.311 e. The van der Waals surface area contributed by atoms with E-state index < -0.39 is 0 Å². The second-order valence-corrected chi connectivity index (χ2v) is 16.2. The summed E-state index contributed by atoms with van der Waals surface area (Å²) >= 11 is 0. The molecule has 4 aliphatic carbocycles. The van der Waals surface area contributed by atoms with Gasteiger partial charge in [-0.25, -0.2) is 4.89 Å². The largest absolute Gasteiger partial charge is 0.426 e. The maximum atomic E-state index is 12.6. The number of hydrogen-bond acceptors (Lipinski definition) is 6. The van der Waals surface area contributed by atoms with Gasteiger partial charge >= 0.3 is 5.97 Å². The van der Waals surface area contributed by atoms with Crippen LogP contribution in [0.5, 0.6) is 5.75 Å². The predicted octanol–water partition coefficient (Wildman–Crippen LogP) is 9.13. The minimum Gasteiger partial charge on any atom is -0.426 e. The zero-order valence-corrected chi connectivity index (χ0v) is 27.7. The number of hydrogen-bond donors (Lipinski definition) is 3. The molecule has 0 aromatic heterocycles. The number of esters is 1. The van der Waals surface area contributed by atoms with E-state index in [1.807, 2.05) is 0 Å². The molecular weight excluding hydrogens is 536 g/mol. The Morgan fingerprint density at radius 1 is 0.907 bits per heavy atom. The van der Waals surface area contributed by atoms with Gasteiger partial charge in [-0.05, 0) is 128 Å². The molecular formula is C37H60N2O4. The summed E-state index contributed by atoms with van der Waals surface area (Å²) in [6.07, 6.45) is 16.1. The van der Waals surface area contributed by atoms with Gasteiger partial charge in [-0.15, -0.1) is 0 Å². The first kappa shape index (κ1) is 32.6. The van der Waals surface area contributed by atoms with Crippen molar-refractivity contribution in [1.82, 2.24) is 0 Å². The minimum absolute atomic E-state index is 0.181. The average Bonchev–Trinajstić information content (AvgIpc) is 3.30. The van der Waals surface area contributed by atoms with Crippen LogP contribution in [0.15, 0.2) is 18.2 Å². The molecule has 5 N–H and O–H groups in total. The Labute approximate surface area is 261 Å². The van der Waals surface area contributed by atoms with E-state index in [1.54, 1.807) is 18.2 Å². The quantitative estimate of drug-likeness (QED) is 0.0773. The van der Waals surface area contributed by atoms with Crippen LogP contribution in [0.2, 0.25) is 0 Å². The SMILES string of the molecule is CC(C)CCCC(C)C1CCC2C3CCC4CC(C(CCC(=O)Oc5cc(N)cc(N)c5)OO)CCC4(C)C3CCC12C. The van der Waals surface area contributed by atoms with Crippen LogP contribution in [0.25, 0.3) is 0 Å². The molecule has 4 aliphatic rings. The Kier molecular flexibility index (Phi) is 10.1. The van der Waals surface area contributed by atoms with E-state index in [0.29, 0.717) is 40.3 Å². The van der Waals surface area contributed by atoms with E-state index in [4.69, 9.17) is 21.1 Å². The van der Waals surface area contributed by atoms with Gasteiger partial charge in [-0.2, -0.15) is 0 Å². The number of ether oxygens (including phenoxy) is 1. The van der Waals surface area contributed by atoms with Crippen molar-refractivity contribution in [1.29, 1.82) is 0 Å². The van der Waals surface area contributed by atoms with E-state index in [0.717, 1.165) is 48.3 Å². The van der Waals surface area contributed by atoms with Crippen LogP contribution < -0.4 is 16.2 Å².